The van der Waals surface area contributed by atoms with Gasteiger partial charge in [0.05, 0.1) is 10.4 Å². The SMILES string of the molecule is O=C(C=Cc1cnc2c(c1)CC1(CCN(C(=O)C(F)(F)F)CC1)C(=O)N2)N1CC=C(Cc2nccs2)CC1. The number of pyridine rings is 1. The quantitative estimate of drug-likeness (QED) is 0.468. The molecule has 5 heterocycles. The number of carbonyl (C=O) groups excluding carboxylic acids is 3. The van der Waals surface area contributed by atoms with Crippen molar-refractivity contribution in [3.8, 4) is 0 Å². The summed E-state index contributed by atoms with van der Waals surface area (Å²) in [5.74, 6) is -1.87. The zero-order valence-electron chi connectivity index (χ0n) is 20.5. The minimum absolute atomic E-state index is 0.112. The van der Waals surface area contributed by atoms with Crippen LogP contribution in [0.3, 0.4) is 0 Å². The predicted molar refractivity (Wildman–Crippen MR) is 135 cm³/mol. The van der Waals surface area contributed by atoms with Crippen molar-refractivity contribution in [2.24, 2.45) is 5.41 Å². The lowest BCUT2D eigenvalue weighted by Crippen LogP contribution is -2.53. The molecule has 0 bridgehead atoms. The van der Waals surface area contributed by atoms with Crippen LogP contribution in [0.4, 0.5) is 19.0 Å². The van der Waals surface area contributed by atoms with E-state index in [9.17, 15) is 27.6 Å². The Balaban J connectivity index is 1.21. The van der Waals surface area contributed by atoms with Crippen LogP contribution in [-0.4, -0.2) is 69.8 Å². The van der Waals surface area contributed by atoms with E-state index in [0.717, 1.165) is 28.3 Å². The van der Waals surface area contributed by atoms with Crippen molar-refractivity contribution in [2.45, 2.75) is 38.3 Å². The van der Waals surface area contributed by atoms with Gasteiger partial charge in [-0.15, -0.1) is 11.3 Å². The third kappa shape index (κ3) is 5.50. The first-order valence-corrected chi connectivity index (χ1v) is 13.2. The maximum absolute atomic E-state index is 12.8. The van der Waals surface area contributed by atoms with Gasteiger partial charge in [-0.05, 0) is 49.0 Å². The molecule has 1 N–H and O–H groups in total. The topological polar surface area (TPSA) is 95.5 Å². The van der Waals surface area contributed by atoms with Gasteiger partial charge in [-0.25, -0.2) is 9.97 Å². The number of nitrogens with one attached hydrogen (secondary N) is 1. The molecule has 0 atom stereocenters. The van der Waals surface area contributed by atoms with Gasteiger partial charge in [-0.2, -0.15) is 13.2 Å². The summed E-state index contributed by atoms with van der Waals surface area (Å²) in [6, 6.07) is 1.84. The molecular formula is C26H26F3N5O3S. The molecule has 3 aliphatic rings. The van der Waals surface area contributed by atoms with E-state index < -0.39 is 17.5 Å². The minimum atomic E-state index is -4.93. The van der Waals surface area contributed by atoms with Gasteiger partial charge in [0, 0.05) is 56.4 Å². The van der Waals surface area contributed by atoms with Crippen molar-refractivity contribution in [1.29, 1.82) is 0 Å². The number of aromatic nitrogens is 2. The molecule has 1 spiro atoms. The second-order valence-electron chi connectivity index (χ2n) is 9.81. The van der Waals surface area contributed by atoms with Gasteiger partial charge < -0.3 is 15.1 Å². The van der Waals surface area contributed by atoms with Crippen molar-refractivity contribution >= 4 is 41.0 Å². The highest BCUT2D eigenvalue weighted by molar-refractivity contribution is 7.09. The Morgan fingerprint density at radius 1 is 1.16 bits per heavy atom. The van der Waals surface area contributed by atoms with Crippen molar-refractivity contribution in [3.05, 3.63) is 57.7 Å². The molecule has 0 radical (unpaired) electrons. The lowest BCUT2D eigenvalue weighted by atomic mass is 9.71. The average molecular weight is 546 g/mol. The number of piperidine rings is 1. The van der Waals surface area contributed by atoms with Gasteiger partial charge in [0.25, 0.3) is 0 Å². The number of likely N-dealkylation sites (tertiary alicyclic amines) is 1. The van der Waals surface area contributed by atoms with Crippen molar-refractivity contribution in [2.75, 3.05) is 31.5 Å². The minimum Gasteiger partial charge on any atom is -0.335 e. The van der Waals surface area contributed by atoms with Gasteiger partial charge in [0.1, 0.15) is 5.82 Å². The molecule has 5 rings (SSSR count). The first kappa shape index (κ1) is 26.1. The van der Waals surface area contributed by atoms with Crippen molar-refractivity contribution < 1.29 is 27.6 Å². The summed E-state index contributed by atoms with van der Waals surface area (Å²) in [4.78, 5) is 48.3. The van der Waals surface area contributed by atoms with E-state index in [-0.39, 0.29) is 37.7 Å². The zero-order valence-corrected chi connectivity index (χ0v) is 21.3. The Morgan fingerprint density at radius 3 is 2.61 bits per heavy atom. The van der Waals surface area contributed by atoms with Crippen LogP contribution in [0.5, 0.6) is 0 Å². The van der Waals surface area contributed by atoms with Crippen LogP contribution in [0.2, 0.25) is 0 Å². The van der Waals surface area contributed by atoms with Crippen LogP contribution in [0.15, 0.2) is 41.6 Å². The van der Waals surface area contributed by atoms with Gasteiger partial charge in [0.15, 0.2) is 0 Å². The Morgan fingerprint density at radius 2 is 1.95 bits per heavy atom. The van der Waals surface area contributed by atoms with Crippen LogP contribution < -0.4 is 5.32 Å². The van der Waals surface area contributed by atoms with E-state index >= 15 is 0 Å². The Hall–Kier alpha value is -3.54. The number of halogens is 3. The van der Waals surface area contributed by atoms with Gasteiger partial charge >= 0.3 is 12.1 Å². The number of rotatable bonds is 4. The lowest BCUT2D eigenvalue weighted by Gasteiger charge is -2.43. The van der Waals surface area contributed by atoms with Crippen LogP contribution in [0.1, 0.15) is 35.4 Å². The summed E-state index contributed by atoms with van der Waals surface area (Å²) in [5, 5.41) is 5.79. The first-order chi connectivity index (χ1) is 18.1. The van der Waals surface area contributed by atoms with E-state index in [1.807, 2.05) is 11.4 Å². The summed E-state index contributed by atoms with van der Waals surface area (Å²) < 4.78 is 38.4. The predicted octanol–water partition coefficient (Wildman–Crippen LogP) is 3.62. The molecule has 12 heteroatoms. The van der Waals surface area contributed by atoms with Crippen molar-refractivity contribution in [1.82, 2.24) is 19.8 Å². The van der Waals surface area contributed by atoms with E-state index in [1.165, 1.54) is 11.6 Å². The number of nitrogens with zero attached hydrogens (tertiary/aromatic N) is 4. The zero-order chi connectivity index (χ0) is 26.9. The van der Waals surface area contributed by atoms with E-state index in [0.29, 0.717) is 30.9 Å². The monoisotopic (exact) mass is 545 g/mol. The fraction of sp³-hybridized carbons (Fsp3) is 0.423. The average Bonchev–Trinajstić information content (AvgIpc) is 3.41. The number of hydrogen-bond donors (Lipinski definition) is 1. The molecule has 0 aromatic carbocycles. The molecule has 0 saturated carbocycles. The molecule has 0 unspecified atom stereocenters. The summed E-state index contributed by atoms with van der Waals surface area (Å²) in [7, 11) is 0. The second-order valence-corrected chi connectivity index (χ2v) is 10.8. The van der Waals surface area contributed by atoms with E-state index in [1.54, 1.807) is 34.7 Å². The van der Waals surface area contributed by atoms with Crippen molar-refractivity contribution in [3.63, 3.8) is 0 Å². The van der Waals surface area contributed by atoms with Gasteiger partial charge in [-0.3, -0.25) is 14.4 Å². The standard InChI is InChI=1S/C26H26F3N5O3S/c27-26(28,29)24(37)34-10-5-25(6-11-34)15-19-13-18(16-31-22(19)32-23(25)36)1-2-21(35)33-8-3-17(4-9-33)14-20-30-7-12-38-20/h1-3,7,12-13,16H,4-6,8-11,14-15H2,(H,31,32,36). The van der Waals surface area contributed by atoms with Crippen LogP contribution in [0.25, 0.3) is 6.08 Å². The fourth-order valence-electron chi connectivity index (χ4n) is 5.15. The van der Waals surface area contributed by atoms with Gasteiger partial charge in [0.2, 0.25) is 11.8 Å². The third-order valence-corrected chi connectivity index (χ3v) is 8.16. The van der Waals surface area contributed by atoms with Crippen LogP contribution in [0, 0.1) is 5.41 Å². The highest BCUT2D eigenvalue weighted by Gasteiger charge is 2.49. The molecule has 3 aliphatic heterocycles. The van der Waals surface area contributed by atoms with Crippen LogP contribution >= 0.6 is 11.3 Å². The number of carbonyl (C=O) groups is 3. The Kier molecular flexibility index (Phi) is 7.08. The number of alkyl halides is 3. The fourth-order valence-corrected chi connectivity index (χ4v) is 5.82. The number of anilines is 1. The Labute approximate surface area is 221 Å². The second kappa shape index (κ2) is 10.3. The summed E-state index contributed by atoms with van der Waals surface area (Å²) in [6.07, 6.45) is 5.86. The molecule has 2 aromatic rings. The van der Waals surface area contributed by atoms with Crippen LogP contribution in [-0.2, 0) is 27.2 Å². The van der Waals surface area contributed by atoms with E-state index in [2.05, 4.69) is 21.4 Å². The molecule has 3 amide bonds. The lowest BCUT2D eigenvalue weighted by molar-refractivity contribution is -0.187. The molecule has 200 valence electrons. The molecule has 2 aromatic heterocycles. The highest BCUT2D eigenvalue weighted by Crippen LogP contribution is 2.41. The number of amides is 3. The molecule has 1 saturated heterocycles. The third-order valence-electron chi connectivity index (χ3n) is 7.38. The van der Waals surface area contributed by atoms with Gasteiger partial charge in [-0.1, -0.05) is 11.6 Å². The largest absolute Gasteiger partial charge is 0.471 e. The Bertz CT molecular complexity index is 1300. The number of fused-ring (bicyclic) bond motifs is 1. The maximum atomic E-state index is 12.8. The molecule has 1 fully saturated rings. The summed E-state index contributed by atoms with van der Waals surface area (Å²) >= 11 is 1.62. The number of thiazole rings is 1. The molecule has 8 nitrogen and oxygen atoms in total. The first-order valence-electron chi connectivity index (χ1n) is 12.3. The summed E-state index contributed by atoms with van der Waals surface area (Å²) in [6.45, 7) is 0.886. The normalized spacial score (nSPS) is 19.3. The summed E-state index contributed by atoms with van der Waals surface area (Å²) in [5.41, 5.74) is 1.81. The van der Waals surface area contributed by atoms with E-state index in [4.69, 9.17) is 0 Å². The smallest absolute Gasteiger partial charge is 0.335 e. The maximum Gasteiger partial charge on any atom is 0.471 e. The molecular weight excluding hydrogens is 519 g/mol. The molecule has 38 heavy (non-hydrogen) atoms. The number of hydrogen-bond acceptors (Lipinski definition) is 6. The highest BCUT2D eigenvalue weighted by atomic mass is 32.1. The molecule has 0 aliphatic carbocycles.